The molecule has 4 aliphatic heterocycles. The highest BCUT2D eigenvalue weighted by molar-refractivity contribution is 7.89. The number of amides is 1. The van der Waals surface area contributed by atoms with Crippen molar-refractivity contribution < 1.29 is 99.7 Å². The van der Waals surface area contributed by atoms with Gasteiger partial charge in [0.05, 0.1) is 65.1 Å². The van der Waals surface area contributed by atoms with E-state index in [1.165, 1.54) is 61.2 Å². The molecule has 4 saturated heterocycles. The van der Waals surface area contributed by atoms with Crippen LogP contribution in [0.1, 0.15) is 130 Å². The number of ketones is 1. The van der Waals surface area contributed by atoms with Crippen molar-refractivity contribution in [3.8, 4) is 0 Å². The van der Waals surface area contributed by atoms with Gasteiger partial charge >= 0.3 is 18.0 Å². The van der Waals surface area contributed by atoms with Gasteiger partial charge in [0.25, 0.3) is 5.69 Å². The van der Waals surface area contributed by atoms with Crippen LogP contribution in [-0.2, 0) is 81.3 Å². The molecule has 89 heavy (non-hydrogen) atoms. The van der Waals surface area contributed by atoms with Gasteiger partial charge in [-0.3, -0.25) is 24.5 Å². The van der Waals surface area contributed by atoms with Crippen molar-refractivity contribution >= 4 is 45.2 Å². The summed E-state index contributed by atoms with van der Waals surface area (Å²) in [6, 6.07) is 4.72. The Morgan fingerprint density at radius 2 is 1.53 bits per heavy atom. The number of Topliss-reactive ketones (excluding diaryl/α,β-unsaturated/α-hetero) is 1. The first-order valence-electron chi connectivity index (χ1n) is 30.8. The number of hydrogen-bond donors (Lipinski definition) is 4. The Morgan fingerprint density at radius 3 is 2.15 bits per heavy atom. The molecule has 0 radical (unpaired) electrons. The molecule has 4 aliphatic rings. The second kappa shape index (κ2) is 32.3. The van der Waals surface area contributed by atoms with E-state index in [0.29, 0.717) is 13.0 Å². The fraction of sp³-hybridized carbons (Fsp3) is 0.820. The maximum absolute atomic E-state index is 16.1. The summed E-state index contributed by atoms with van der Waals surface area (Å²) in [6.07, 6.45) is -15.4. The summed E-state index contributed by atoms with van der Waals surface area (Å²) in [5.74, 6) is -8.53. The highest BCUT2D eigenvalue weighted by atomic mass is 32.2. The minimum absolute atomic E-state index is 0.0529. The quantitative estimate of drug-likeness (QED) is 0.0498. The summed E-state index contributed by atoms with van der Waals surface area (Å²) in [5.41, 5.74) is -4.16. The number of ether oxygens (including phenoxy) is 11. The topological polar surface area (TPSA) is 336 Å². The number of hydrogen-bond acceptors (Lipinski definition) is 24. The van der Waals surface area contributed by atoms with Crippen LogP contribution in [0.5, 0.6) is 0 Å². The summed E-state index contributed by atoms with van der Waals surface area (Å²) in [4.78, 5) is 78.1. The first kappa shape index (κ1) is 75.2. The summed E-state index contributed by atoms with van der Waals surface area (Å²) in [7, 11) is 1.61. The fourth-order valence-electron chi connectivity index (χ4n) is 12.5. The molecule has 1 unspecified atom stereocenters. The van der Waals surface area contributed by atoms with Gasteiger partial charge in [0.2, 0.25) is 10.0 Å². The maximum atomic E-state index is 16.1. The highest BCUT2D eigenvalue weighted by Crippen LogP contribution is 2.41. The Morgan fingerprint density at radius 1 is 0.876 bits per heavy atom. The molecule has 0 aliphatic carbocycles. The summed E-state index contributed by atoms with van der Waals surface area (Å²) in [5, 5.41) is 41.5. The summed E-state index contributed by atoms with van der Waals surface area (Å²) < 4.78 is 99.9. The van der Waals surface area contributed by atoms with Gasteiger partial charge in [-0.1, -0.05) is 65.8 Å². The van der Waals surface area contributed by atoms with E-state index in [2.05, 4.69) is 20.1 Å². The van der Waals surface area contributed by atoms with Crippen molar-refractivity contribution in [3.63, 3.8) is 0 Å². The van der Waals surface area contributed by atoms with Crippen LogP contribution in [0, 0.1) is 51.5 Å². The number of carbonyl (C=O) groups excluding carboxylic acids is 4. The number of alkyl carbamates (subject to hydrolysis) is 1. The molecular weight excluding hydrogens is 1190 g/mol. The van der Waals surface area contributed by atoms with Crippen LogP contribution in [-0.4, -0.2) is 209 Å². The number of aliphatic hydroxyl groups excluding tert-OH is 2. The number of nitrogens with zero attached hydrogens (tertiary/aromatic N) is 3. The fourth-order valence-corrected chi connectivity index (χ4v) is 13.9. The number of likely N-dealkylation sites (N-methyl/N-ethyl adjacent to an activating group) is 1. The smallest absolute Gasteiger partial charge is 0.408 e. The average molecular weight is 1290 g/mol. The Hall–Kier alpha value is -4.56. The van der Waals surface area contributed by atoms with Crippen molar-refractivity contribution in [1.29, 1.82) is 0 Å². The zero-order chi connectivity index (χ0) is 66.8. The maximum Gasteiger partial charge on any atom is 0.408 e. The number of oxime groups is 1. The Kier molecular flexibility index (Phi) is 27.3. The number of para-hydroxylation sites is 1. The van der Waals surface area contributed by atoms with E-state index in [0.717, 1.165) is 12.1 Å². The largest absolute Gasteiger partial charge is 0.461 e. The molecule has 1 aromatic rings. The molecule has 5 rings (SSSR count). The van der Waals surface area contributed by atoms with E-state index in [1.54, 1.807) is 48.5 Å². The van der Waals surface area contributed by atoms with Crippen molar-refractivity contribution in [3.05, 3.63) is 34.4 Å². The first-order chi connectivity index (χ1) is 41.5. The van der Waals surface area contributed by atoms with Gasteiger partial charge in [-0.2, -0.15) is 0 Å². The van der Waals surface area contributed by atoms with Gasteiger partial charge < -0.3 is 77.4 Å². The van der Waals surface area contributed by atoms with Crippen LogP contribution in [0.25, 0.3) is 0 Å². The van der Waals surface area contributed by atoms with Gasteiger partial charge in [0.15, 0.2) is 35.1 Å². The SMILES string of the molecule is CO/N=C1\C[C@@H](C)O[C@@H](O[C@@H]2[C@@H](C)[C@H](O[C@H]3C[C@H](C)N(C)C[C@H](C)O3)[C@@H](C)C(=O)O[C@H](C(C)CO[C@@H]3O[C@H](C)[C@@H](O)[C@@H](OC)[C@H]3OC)[C@H](C)[C@@H](OC(=O)CC(C)C)[C@@H](C)C(=O)[C@@](C)(OC(=O)NC(C)(C)CNS(=O)(=O)c3ccccc3[N+](=O)[O-])C[C@@H]2C)[C@@H]1O. The number of nitro benzene ring substituents is 1. The van der Waals surface area contributed by atoms with Gasteiger partial charge in [-0.15, -0.1) is 0 Å². The summed E-state index contributed by atoms with van der Waals surface area (Å²) in [6.45, 7) is 25.3. The summed E-state index contributed by atoms with van der Waals surface area (Å²) >= 11 is 0. The molecule has 22 atom stereocenters. The number of sulfonamides is 1. The van der Waals surface area contributed by atoms with Crippen LogP contribution in [0.15, 0.2) is 34.3 Å². The number of esters is 2. The van der Waals surface area contributed by atoms with Gasteiger partial charge in [-0.25, -0.2) is 17.9 Å². The number of rotatable bonds is 21. The Bertz CT molecular complexity index is 2670. The molecule has 0 bridgehead atoms. The molecule has 1 aromatic carbocycles. The van der Waals surface area contributed by atoms with E-state index in [4.69, 9.17) is 56.9 Å². The average Bonchev–Trinajstić information content (AvgIpc) is 1.49. The first-order valence-corrected chi connectivity index (χ1v) is 32.3. The van der Waals surface area contributed by atoms with E-state index >= 15 is 9.59 Å². The second-order valence-electron chi connectivity index (χ2n) is 26.2. The van der Waals surface area contributed by atoms with Crippen molar-refractivity contribution in [1.82, 2.24) is 14.9 Å². The number of aliphatic hydroxyl groups is 2. The van der Waals surface area contributed by atoms with Gasteiger partial charge in [-0.05, 0) is 86.8 Å². The van der Waals surface area contributed by atoms with Crippen molar-refractivity contribution in [2.45, 2.75) is 238 Å². The third kappa shape index (κ3) is 19.5. The minimum Gasteiger partial charge on any atom is -0.461 e. The number of carbonyl (C=O) groups is 4. The third-order valence-corrected chi connectivity index (χ3v) is 18.9. The lowest BCUT2D eigenvalue weighted by Crippen LogP contribution is -2.59. The Labute approximate surface area is 524 Å². The van der Waals surface area contributed by atoms with E-state index in [1.807, 2.05) is 34.7 Å². The van der Waals surface area contributed by atoms with Gasteiger partial charge in [0, 0.05) is 76.4 Å². The van der Waals surface area contributed by atoms with Crippen LogP contribution in [0.4, 0.5) is 10.5 Å². The number of nitrogens with one attached hydrogen (secondary N) is 2. The molecule has 508 valence electrons. The number of nitro groups is 1. The molecule has 1 amide bonds. The monoisotopic (exact) mass is 1290 g/mol. The lowest BCUT2D eigenvalue weighted by atomic mass is 9.74. The molecule has 0 saturated carbocycles. The zero-order valence-electron chi connectivity index (χ0n) is 55.3. The number of methoxy groups -OCH3 is 2. The standard InChI is InChI=1S/C61H101N5O22S/c1-31(2)24-45(67)84-51-38(9)50(33(4)29-80-58-54(78-18)53(77-17)47(68)41(12)83-58)86-56(71)40(11)52(85-46-25-34(5)65(16)28-36(7)81-46)37(8)49(87-57-48(69)42(64-79-19)26-35(6)82-57)32(3)27-61(15,55(70)39(51)10)88-59(72)63-60(13,14)30-62-89(75,76)44-23-21-20-22-43(44)66(73)74/h20-23,31-41,46-54,57-58,62,68-69H,24-30H2,1-19H3,(H,63,72)/b64-42+/t32-,33?,34-,35+,36-,37+,38-,39+,40+,41+,46-,47+,48+,49-,50+,51+,52-,53+,54+,57-,58+,61-/m0/s1. The van der Waals surface area contributed by atoms with E-state index in [9.17, 15) is 38.3 Å². The van der Waals surface area contributed by atoms with Crippen LogP contribution in [0.2, 0.25) is 0 Å². The van der Waals surface area contributed by atoms with E-state index < -0.39 is 182 Å². The Balaban J connectivity index is 1.71. The minimum atomic E-state index is -4.55. The predicted octanol–water partition coefficient (Wildman–Crippen LogP) is 5.67. The number of benzene rings is 1. The molecule has 4 heterocycles. The van der Waals surface area contributed by atoms with Crippen molar-refractivity contribution in [2.75, 3.05) is 48.1 Å². The molecule has 28 heteroatoms. The van der Waals surface area contributed by atoms with Crippen LogP contribution in [0.3, 0.4) is 0 Å². The number of cyclic esters (lactones) is 1. The highest BCUT2D eigenvalue weighted by Gasteiger charge is 2.53. The van der Waals surface area contributed by atoms with Gasteiger partial charge in [0.1, 0.15) is 43.7 Å². The molecule has 0 spiro atoms. The van der Waals surface area contributed by atoms with Crippen molar-refractivity contribution in [2.24, 2.45) is 46.6 Å². The molecule has 27 nitrogen and oxygen atoms in total. The van der Waals surface area contributed by atoms with Crippen LogP contribution < -0.4 is 10.0 Å². The third-order valence-electron chi connectivity index (χ3n) is 17.4. The normalized spacial score (nSPS) is 36.7. The lowest BCUT2D eigenvalue weighted by Gasteiger charge is -2.45. The van der Waals surface area contributed by atoms with Crippen LogP contribution >= 0.6 is 0 Å². The molecule has 0 aromatic heterocycles. The van der Waals surface area contributed by atoms with E-state index in [-0.39, 0.29) is 49.6 Å². The predicted molar refractivity (Wildman–Crippen MR) is 322 cm³/mol. The molecular formula is C61H101N5O22S. The lowest BCUT2D eigenvalue weighted by molar-refractivity contribution is -0.387. The molecule has 4 fully saturated rings. The molecule has 4 N–H and O–H groups in total. The second-order valence-corrected chi connectivity index (χ2v) is 28.0. The zero-order valence-corrected chi connectivity index (χ0v) is 56.1.